The van der Waals surface area contributed by atoms with Gasteiger partial charge in [0, 0.05) is 5.41 Å². The van der Waals surface area contributed by atoms with Gasteiger partial charge in [0.1, 0.15) is 0 Å². The number of carbonyl (C=O) groups excluding carboxylic acids is 2. The zero-order valence-electron chi connectivity index (χ0n) is 15.5. The summed E-state index contributed by atoms with van der Waals surface area (Å²) in [6.07, 6.45) is 10.2. The van der Waals surface area contributed by atoms with Gasteiger partial charge in [0.15, 0.2) is 5.67 Å². The van der Waals surface area contributed by atoms with E-state index in [1.807, 2.05) is 0 Å². The molecule has 0 bridgehead atoms. The molecule has 0 rings (SSSR count). The molecule has 0 N–H and O–H groups in total. The number of hydrogen-bond acceptors (Lipinski definition) is 4. The van der Waals surface area contributed by atoms with Crippen molar-refractivity contribution in [3.05, 3.63) is 0 Å². The maximum Gasteiger partial charge on any atom is 0.194 e. The van der Waals surface area contributed by atoms with Crippen molar-refractivity contribution in [1.29, 1.82) is 0 Å². The van der Waals surface area contributed by atoms with Crippen molar-refractivity contribution >= 4 is 11.9 Å². The molecule has 0 aromatic heterocycles. The maximum absolute atomic E-state index is 14.8. The Bertz CT molecular complexity index is 364. The van der Waals surface area contributed by atoms with Crippen LogP contribution in [0.2, 0.25) is 0 Å². The van der Waals surface area contributed by atoms with Crippen LogP contribution in [0.15, 0.2) is 0 Å². The lowest BCUT2D eigenvalue weighted by Gasteiger charge is -2.46. The van der Waals surface area contributed by atoms with E-state index in [1.54, 1.807) is 13.8 Å². The van der Waals surface area contributed by atoms with Crippen molar-refractivity contribution in [3.63, 3.8) is 0 Å². The highest BCUT2D eigenvalue weighted by atomic mass is 19.1. The van der Waals surface area contributed by atoms with Crippen LogP contribution in [-0.4, -0.2) is 17.6 Å². The van der Waals surface area contributed by atoms with E-state index < -0.39 is 23.0 Å². The Labute approximate surface area is 145 Å². The number of carbonyl (C=O) groups is 2. The average molecular weight is 344 g/mol. The van der Waals surface area contributed by atoms with Gasteiger partial charge in [0.25, 0.3) is 0 Å². The van der Waals surface area contributed by atoms with Crippen LogP contribution in [0.4, 0.5) is 4.39 Å². The molecule has 0 spiro atoms. The lowest BCUT2D eigenvalue weighted by atomic mass is 9.66. The van der Waals surface area contributed by atoms with Crippen molar-refractivity contribution in [1.82, 2.24) is 0 Å². The Balaban J connectivity index is 4.49. The zero-order valence-corrected chi connectivity index (χ0v) is 15.5. The van der Waals surface area contributed by atoms with E-state index in [0.717, 1.165) is 19.3 Å². The number of carboxylic acid groups (broad SMARTS) is 2. The summed E-state index contributed by atoms with van der Waals surface area (Å²) < 4.78 is 14.8. The van der Waals surface area contributed by atoms with E-state index in [0.29, 0.717) is 6.42 Å². The first-order valence-corrected chi connectivity index (χ1v) is 9.44. The topological polar surface area (TPSA) is 80.3 Å². The molecule has 0 aromatic carbocycles. The molecule has 0 aliphatic rings. The van der Waals surface area contributed by atoms with Crippen LogP contribution in [0.5, 0.6) is 0 Å². The SMILES string of the molecule is CCCCCCCCCCCC(CC)(CC)C(F)(C(=O)[O-])C(=O)[O-]. The lowest BCUT2D eigenvalue weighted by molar-refractivity contribution is -0.352. The molecule has 142 valence electrons. The normalized spacial score (nSPS) is 12.3. The van der Waals surface area contributed by atoms with E-state index in [2.05, 4.69) is 6.92 Å². The molecule has 0 fully saturated rings. The van der Waals surface area contributed by atoms with E-state index in [-0.39, 0.29) is 19.3 Å². The molecule has 0 saturated heterocycles. The minimum Gasteiger partial charge on any atom is -0.546 e. The molecule has 0 heterocycles. The number of hydrogen-bond donors (Lipinski definition) is 0. The fourth-order valence-corrected chi connectivity index (χ4v) is 3.55. The van der Waals surface area contributed by atoms with E-state index >= 15 is 0 Å². The highest BCUT2D eigenvalue weighted by Gasteiger charge is 2.52. The largest absolute Gasteiger partial charge is 0.546 e. The average Bonchev–Trinajstić information content (AvgIpc) is 2.56. The van der Waals surface area contributed by atoms with Gasteiger partial charge in [0.2, 0.25) is 0 Å². The number of carboxylic acids is 2. The van der Waals surface area contributed by atoms with Crippen LogP contribution in [0.3, 0.4) is 0 Å². The lowest BCUT2D eigenvalue weighted by Crippen LogP contribution is -2.65. The molecule has 24 heavy (non-hydrogen) atoms. The first kappa shape index (κ1) is 22.9. The van der Waals surface area contributed by atoms with Gasteiger partial charge in [-0.2, -0.15) is 0 Å². The monoisotopic (exact) mass is 344 g/mol. The second-order valence-corrected chi connectivity index (χ2v) is 6.80. The summed E-state index contributed by atoms with van der Waals surface area (Å²) in [5.74, 6) is -4.38. The van der Waals surface area contributed by atoms with E-state index in [1.165, 1.54) is 32.1 Å². The number of rotatable bonds is 15. The molecule has 0 aromatic rings. The smallest absolute Gasteiger partial charge is 0.194 e. The molecule has 0 saturated carbocycles. The van der Waals surface area contributed by atoms with Crippen LogP contribution in [0.25, 0.3) is 0 Å². The molecule has 0 aliphatic heterocycles. The first-order valence-electron chi connectivity index (χ1n) is 9.44. The van der Waals surface area contributed by atoms with Gasteiger partial charge >= 0.3 is 0 Å². The highest BCUT2D eigenvalue weighted by Crippen LogP contribution is 2.45. The Morgan fingerprint density at radius 1 is 0.750 bits per heavy atom. The van der Waals surface area contributed by atoms with Crippen molar-refractivity contribution in [2.75, 3.05) is 0 Å². The number of aliphatic carboxylic acids is 2. The van der Waals surface area contributed by atoms with Gasteiger partial charge in [-0.3, -0.25) is 0 Å². The second kappa shape index (κ2) is 11.4. The van der Waals surface area contributed by atoms with Crippen LogP contribution >= 0.6 is 0 Å². The third-order valence-electron chi connectivity index (χ3n) is 5.41. The molecule has 0 atom stereocenters. The molecule has 0 radical (unpaired) electrons. The van der Waals surface area contributed by atoms with Gasteiger partial charge in [-0.05, 0) is 19.3 Å². The summed E-state index contributed by atoms with van der Waals surface area (Å²) >= 11 is 0. The Morgan fingerprint density at radius 3 is 1.46 bits per heavy atom. The molecule has 4 nitrogen and oxygen atoms in total. The minimum atomic E-state index is -3.43. The van der Waals surface area contributed by atoms with E-state index in [9.17, 15) is 24.2 Å². The van der Waals surface area contributed by atoms with Crippen LogP contribution in [-0.2, 0) is 9.59 Å². The van der Waals surface area contributed by atoms with E-state index in [4.69, 9.17) is 0 Å². The zero-order chi connectivity index (χ0) is 18.6. The number of halogens is 1. The van der Waals surface area contributed by atoms with Gasteiger partial charge in [0.05, 0.1) is 11.9 Å². The highest BCUT2D eigenvalue weighted by molar-refractivity contribution is 6.00. The Morgan fingerprint density at radius 2 is 1.12 bits per heavy atom. The molecule has 0 unspecified atom stereocenters. The summed E-state index contributed by atoms with van der Waals surface area (Å²) in [6, 6.07) is 0. The summed E-state index contributed by atoms with van der Waals surface area (Å²) in [6.45, 7) is 5.42. The van der Waals surface area contributed by atoms with Gasteiger partial charge in [-0.15, -0.1) is 0 Å². The predicted octanol–water partition coefficient (Wildman–Crippen LogP) is 2.92. The van der Waals surface area contributed by atoms with Gasteiger partial charge in [-0.25, -0.2) is 4.39 Å². The Hall–Kier alpha value is -1.13. The van der Waals surface area contributed by atoms with Crippen molar-refractivity contribution in [2.45, 2.75) is 103 Å². The van der Waals surface area contributed by atoms with Crippen molar-refractivity contribution < 1.29 is 24.2 Å². The van der Waals surface area contributed by atoms with Crippen molar-refractivity contribution in [2.24, 2.45) is 5.41 Å². The molecule has 0 aliphatic carbocycles. The van der Waals surface area contributed by atoms with Gasteiger partial charge in [-0.1, -0.05) is 78.6 Å². The van der Waals surface area contributed by atoms with Crippen LogP contribution in [0, 0.1) is 5.41 Å². The quantitative estimate of drug-likeness (QED) is 0.338. The fraction of sp³-hybridized carbons (Fsp3) is 0.895. The molecular weight excluding hydrogens is 311 g/mol. The maximum atomic E-state index is 14.8. The first-order chi connectivity index (χ1) is 11.3. The third kappa shape index (κ3) is 5.75. The molecule has 0 amide bonds. The summed E-state index contributed by atoms with van der Waals surface area (Å²) in [7, 11) is 0. The third-order valence-corrected chi connectivity index (χ3v) is 5.41. The predicted molar refractivity (Wildman–Crippen MR) is 88.7 cm³/mol. The summed E-state index contributed by atoms with van der Waals surface area (Å²) in [4.78, 5) is 22.4. The number of alkyl halides is 1. The van der Waals surface area contributed by atoms with Gasteiger partial charge < -0.3 is 19.8 Å². The standard InChI is InChI=1S/C19H35FO4/c1-4-7-8-9-10-11-12-13-14-15-18(5-2,6-3)19(20,16(21)22)17(23)24/h4-15H2,1-3H3,(H,21,22)(H,23,24)/p-2. The number of unbranched alkanes of at least 4 members (excludes halogenated alkanes) is 8. The summed E-state index contributed by atoms with van der Waals surface area (Å²) in [5, 5.41) is 22.4. The minimum absolute atomic E-state index is 0.124. The van der Waals surface area contributed by atoms with Crippen LogP contribution in [0.1, 0.15) is 97.8 Å². The Kier molecular flexibility index (Phi) is 10.9. The molecule has 5 heteroatoms. The van der Waals surface area contributed by atoms with Crippen molar-refractivity contribution in [3.8, 4) is 0 Å². The van der Waals surface area contributed by atoms with Crippen LogP contribution < -0.4 is 10.2 Å². The fourth-order valence-electron chi connectivity index (χ4n) is 3.55. The second-order valence-electron chi connectivity index (χ2n) is 6.80. The molecular formula is C19H33FO4-2. The summed E-state index contributed by atoms with van der Waals surface area (Å²) in [5.41, 5.74) is -4.90.